The highest BCUT2D eigenvalue weighted by Gasteiger charge is 2.26. The van der Waals surface area contributed by atoms with Crippen LogP contribution in [0.1, 0.15) is 23.1 Å². The number of benzene rings is 1. The van der Waals surface area contributed by atoms with Crippen molar-refractivity contribution in [2.45, 2.75) is 13.8 Å². The maximum absolute atomic E-state index is 12.8. The van der Waals surface area contributed by atoms with E-state index in [1.807, 2.05) is 49.1 Å². The average Bonchev–Trinajstić information content (AvgIpc) is 2.97. The minimum atomic E-state index is -0.0374. The molecular weight excluding hydrogens is 302 g/mol. The smallest absolute Gasteiger partial charge is 0.276 e. The Morgan fingerprint density at radius 3 is 2.46 bits per heavy atom. The van der Waals surface area contributed by atoms with Gasteiger partial charge in [0.05, 0.1) is 11.4 Å². The molecule has 0 aliphatic carbocycles. The zero-order valence-corrected chi connectivity index (χ0v) is 14.3. The first-order valence-corrected chi connectivity index (χ1v) is 8.20. The average molecular weight is 325 g/mol. The molecule has 1 aliphatic heterocycles. The van der Waals surface area contributed by atoms with E-state index in [4.69, 9.17) is 0 Å². The van der Waals surface area contributed by atoms with E-state index in [-0.39, 0.29) is 5.91 Å². The van der Waals surface area contributed by atoms with Crippen LogP contribution in [0, 0.1) is 6.92 Å². The summed E-state index contributed by atoms with van der Waals surface area (Å²) in [6, 6.07) is 9.74. The molecule has 2 aromatic rings. The highest BCUT2D eigenvalue weighted by molar-refractivity contribution is 5.93. The Bertz CT molecular complexity index is 729. The lowest BCUT2D eigenvalue weighted by molar-refractivity contribution is 0.0641. The molecule has 1 aliphatic rings. The number of carbonyl (C=O) groups excluding carboxylic acids is 1. The van der Waals surface area contributed by atoms with Crippen molar-refractivity contribution in [3.8, 4) is 5.69 Å². The van der Waals surface area contributed by atoms with Crippen molar-refractivity contribution in [3.05, 3.63) is 53.9 Å². The number of para-hydroxylation sites is 1. The Labute approximate surface area is 142 Å². The van der Waals surface area contributed by atoms with Gasteiger partial charge in [0, 0.05) is 32.7 Å². The van der Waals surface area contributed by atoms with Gasteiger partial charge >= 0.3 is 0 Å². The van der Waals surface area contributed by atoms with Crippen molar-refractivity contribution in [2.75, 3.05) is 32.7 Å². The van der Waals surface area contributed by atoms with Crippen LogP contribution in [0.2, 0.25) is 0 Å². The standard InChI is InChI=1S/C18H23N5O/c1-14(2)13-21-9-11-22(12-10-21)18(24)17-15(3)23(20-19-17)16-7-5-4-6-8-16/h4-8H,1,9-13H2,2-3H3. The summed E-state index contributed by atoms with van der Waals surface area (Å²) in [5.74, 6) is -0.0374. The molecule has 2 heterocycles. The van der Waals surface area contributed by atoms with Crippen molar-refractivity contribution < 1.29 is 4.79 Å². The second-order valence-corrected chi connectivity index (χ2v) is 6.30. The topological polar surface area (TPSA) is 54.3 Å². The van der Waals surface area contributed by atoms with Gasteiger partial charge in [0.2, 0.25) is 0 Å². The minimum Gasteiger partial charge on any atom is -0.335 e. The molecule has 0 spiro atoms. The first-order chi connectivity index (χ1) is 11.6. The van der Waals surface area contributed by atoms with Gasteiger partial charge < -0.3 is 4.90 Å². The number of amides is 1. The number of hydrogen-bond acceptors (Lipinski definition) is 4. The number of carbonyl (C=O) groups is 1. The molecule has 1 aromatic heterocycles. The van der Waals surface area contributed by atoms with Crippen molar-refractivity contribution in [3.63, 3.8) is 0 Å². The van der Waals surface area contributed by atoms with E-state index in [1.165, 1.54) is 0 Å². The van der Waals surface area contributed by atoms with Crippen LogP contribution in [0.25, 0.3) is 5.69 Å². The van der Waals surface area contributed by atoms with Gasteiger partial charge in [-0.25, -0.2) is 4.68 Å². The van der Waals surface area contributed by atoms with Crippen LogP contribution < -0.4 is 0 Å². The molecule has 1 saturated heterocycles. The lowest BCUT2D eigenvalue weighted by Gasteiger charge is -2.34. The van der Waals surface area contributed by atoms with Crippen LogP contribution in [0.5, 0.6) is 0 Å². The van der Waals surface area contributed by atoms with Gasteiger partial charge in [-0.3, -0.25) is 9.69 Å². The molecule has 3 rings (SSSR count). The summed E-state index contributed by atoms with van der Waals surface area (Å²) in [5.41, 5.74) is 3.27. The van der Waals surface area contributed by atoms with E-state index in [2.05, 4.69) is 21.8 Å². The third-order valence-corrected chi connectivity index (χ3v) is 4.25. The Morgan fingerprint density at radius 1 is 1.17 bits per heavy atom. The second kappa shape index (κ2) is 6.97. The Balaban J connectivity index is 1.71. The molecule has 0 N–H and O–H groups in total. The fraction of sp³-hybridized carbons (Fsp3) is 0.389. The van der Waals surface area contributed by atoms with Gasteiger partial charge in [-0.2, -0.15) is 0 Å². The number of nitrogens with zero attached hydrogens (tertiary/aromatic N) is 5. The van der Waals surface area contributed by atoms with Crippen LogP contribution in [-0.2, 0) is 0 Å². The summed E-state index contributed by atoms with van der Waals surface area (Å²) in [7, 11) is 0. The van der Waals surface area contributed by atoms with Crippen LogP contribution in [0.3, 0.4) is 0 Å². The third-order valence-electron chi connectivity index (χ3n) is 4.25. The monoisotopic (exact) mass is 325 g/mol. The summed E-state index contributed by atoms with van der Waals surface area (Å²) in [6.45, 7) is 11.9. The lowest BCUT2D eigenvalue weighted by Crippen LogP contribution is -2.49. The van der Waals surface area contributed by atoms with Gasteiger partial charge in [-0.15, -0.1) is 5.10 Å². The fourth-order valence-electron chi connectivity index (χ4n) is 2.98. The summed E-state index contributed by atoms with van der Waals surface area (Å²) < 4.78 is 1.71. The maximum Gasteiger partial charge on any atom is 0.276 e. The largest absolute Gasteiger partial charge is 0.335 e. The number of hydrogen-bond donors (Lipinski definition) is 0. The summed E-state index contributed by atoms with van der Waals surface area (Å²) in [5, 5.41) is 8.28. The highest BCUT2D eigenvalue weighted by atomic mass is 16.2. The van der Waals surface area contributed by atoms with E-state index < -0.39 is 0 Å². The van der Waals surface area contributed by atoms with Gasteiger partial charge in [0.1, 0.15) is 0 Å². The Kier molecular flexibility index (Phi) is 4.76. The molecular formula is C18H23N5O. The summed E-state index contributed by atoms with van der Waals surface area (Å²) >= 11 is 0. The summed E-state index contributed by atoms with van der Waals surface area (Å²) in [4.78, 5) is 16.9. The van der Waals surface area contributed by atoms with E-state index >= 15 is 0 Å². The van der Waals surface area contributed by atoms with Crippen molar-refractivity contribution >= 4 is 5.91 Å². The van der Waals surface area contributed by atoms with Gasteiger partial charge in [0.25, 0.3) is 5.91 Å². The zero-order valence-electron chi connectivity index (χ0n) is 14.3. The molecule has 0 saturated carbocycles. The fourth-order valence-corrected chi connectivity index (χ4v) is 2.98. The van der Waals surface area contributed by atoms with Crippen molar-refractivity contribution in [1.82, 2.24) is 24.8 Å². The molecule has 6 nitrogen and oxygen atoms in total. The highest BCUT2D eigenvalue weighted by Crippen LogP contribution is 2.15. The van der Waals surface area contributed by atoms with E-state index in [1.54, 1.807) is 4.68 Å². The predicted molar refractivity (Wildman–Crippen MR) is 93.3 cm³/mol. The Hall–Kier alpha value is -2.47. The first kappa shape index (κ1) is 16.4. The van der Waals surface area contributed by atoms with Crippen LogP contribution >= 0.6 is 0 Å². The molecule has 0 bridgehead atoms. The van der Waals surface area contributed by atoms with E-state index in [0.717, 1.165) is 36.6 Å². The molecule has 0 radical (unpaired) electrons. The predicted octanol–water partition coefficient (Wildman–Crippen LogP) is 1.91. The quantitative estimate of drug-likeness (QED) is 0.806. The number of aromatic nitrogens is 3. The molecule has 0 atom stereocenters. The first-order valence-electron chi connectivity index (χ1n) is 8.20. The molecule has 126 valence electrons. The van der Waals surface area contributed by atoms with Gasteiger partial charge in [0.15, 0.2) is 5.69 Å². The molecule has 0 unspecified atom stereocenters. The van der Waals surface area contributed by atoms with Crippen LogP contribution in [0.15, 0.2) is 42.5 Å². The van der Waals surface area contributed by atoms with Gasteiger partial charge in [-0.05, 0) is 26.0 Å². The summed E-state index contributed by atoms with van der Waals surface area (Å²) in [6.07, 6.45) is 0. The second-order valence-electron chi connectivity index (χ2n) is 6.30. The number of rotatable bonds is 4. The molecule has 24 heavy (non-hydrogen) atoms. The normalized spacial score (nSPS) is 15.5. The van der Waals surface area contributed by atoms with Crippen LogP contribution in [0.4, 0.5) is 0 Å². The maximum atomic E-state index is 12.8. The molecule has 1 aromatic carbocycles. The van der Waals surface area contributed by atoms with E-state index in [0.29, 0.717) is 18.8 Å². The zero-order chi connectivity index (χ0) is 17.1. The Morgan fingerprint density at radius 2 is 1.83 bits per heavy atom. The minimum absolute atomic E-state index is 0.0374. The third kappa shape index (κ3) is 3.38. The molecule has 6 heteroatoms. The van der Waals surface area contributed by atoms with Crippen molar-refractivity contribution in [1.29, 1.82) is 0 Å². The van der Waals surface area contributed by atoms with E-state index in [9.17, 15) is 4.79 Å². The lowest BCUT2D eigenvalue weighted by atomic mass is 10.2. The van der Waals surface area contributed by atoms with Gasteiger partial charge in [-0.1, -0.05) is 35.6 Å². The van der Waals surface area contributed by atoms with Crippen LogP contribution in [-0.4, -0.2) is 63.4 Å². The SMILES string of the molecule is C=C(C)CN1CCN(C(=O)c2nnn(-c3ccccc3)c2C)CC1. The van der Waals surface area contributed by atoms with Crippen molar-refractivity contribution in [2.24, 2.45) is 0 Å². The molecule has 1 amide bonds. The molecule has 1 fully saturated rings. The number of piperazine rings is 1.